The van der Waals surface area contributed by atoms with Crippen LogP contribution in [0.4, 0.5) is 0 Å². The Morgan fingerprint density at radius 3 is 2.74 bits per heavy atom. The minimum absolute atomic E-state index is 0.131. The van der Waals surface area contributed by atoms with E-state index < -0.39 is 0 Å². The fraction of sp³-hybridized carbons (Fsp3) is 0.625. The van der Waals surface area contributed by atoms with Crippen molar-refractivity contribution in [2.24, 2.45) is 5.73 Å². The molecule has 1 aromatic carbocycles. The second kappa shape index (κ2) is 5.93. The van der Waals surface area contributed by atoms with Crippen molar-refractivity contribution >= 4 is 0 Å². The molecule has 0 radical (unpaired) electrons. The first kappa shape index (κ1) is 14.4. The predicted molar refractivity (Wildman–Crippen MR) is 77.5 cm³/mol. The molecule has 19 heavy (non-hydrogen) atoms. The van der Waals surface area contributed by atoms with Gasteiger partial charge in [-0.05, 0) is 54.4 Å². The second-order valence-corrected chi connectivity index (χ2v) is 5.52. The molecule has 2 rings (SSSR count). The zero-order valence-corrected chi connectivity index (χ0v) is 12.0. The average molecular weight is 263 g/mol. The number of fused-ring (bicyclic) bond motifs is 1. The third-order valence-corrected chi connectivity index (χ3v) is 4.56. The maximum Gasteiger partial charge on any atom is 0.115 e. The molecule has 0 saturated heterocycles. The Morgan fingerprint density at radius 2 is 2.11 bits per heavy atom. The predicted octanol–water partition coefficient (Wildman–Crippen LogP) is 2.74. The Kier molecular flexibility index (Phi) is 4.48. The lowest BCUT2D eigenvalue weighted by molar-refractivity contribution is 0.0262. The minimum Gasteiger partial charge on any atom is -0.508 e. The van der Waals surface area contributed by atoms with E-state index in [1.165, 1.54) is 11.1 Å². The van der Waals surface area contributed by atoms with Gasteiger partial charge in [0.2, 0.25) is 0 Å². The van der Waals surface area contributed by atoms with Crippen LogP contribution in [0.15, 0.2) is 18.2 Å². The van der Waals surface area contributed by atoms with E-state index in [4.69, 9.17) is 10.5 Å². The fourth-order valence-electron chi connectivity index (χ4n) is 3.37. The fourth-order valence-corrected chi connectivity index (χ4v) is 3.37. The number of phenols is 1. The first-order chi connectivity index (χ1) is 9.15. The van der Waals surface area contributed by atoms with E-state index in [0.29, 0.717) is 18.9 Å². The Morgan fingerprint density at radius 1 is 1.37 bits per heavy atom. The van der Waals surface area contributed by atoms with Gasteiger partial charge >= 0.3 is 0 Å². The highest BCUT2D eigenvalue weighted by Gasteiger charge is 2.38. The lowest BCUT2D eigenvalue weighted by atomic mass is 9.66. The number of nitrogens with two attached hydrogens (primary N) is 1. The van der Waals surface area contributed by atoms with Gasteiger partial charge in [0.1, 0.15) is 5.75 Å². The molecule has 0 aromatic heterocycles. The van der Waals surface area contributed by atoms with Crippen LogP contribution in [-0.4, -0.2) is 24.4 Å². The van der Waals surface area contributed by atoms with E-state index >= 15 is 0 Å². The molecular weight excluding hydrogens is 238 g/mol. The maximum absolute atomic E-state index is 9.77. The zero-order valence-electron chi connectivity index (χ0n) is 12.0. The molecule has 1 aliphatic carbocycles. The van der Waals surface area contributed by atoms with Gasteiger partial charge in [0.05, 0.1) is 12.7 Å². The molecule has 0 saturated carbocycles. The molecule has 3 nitrogen and oxygen atoms in total. The monoisotopic (exact) mass is 263 g/mol. The first-order valence-corrected chi connectivity index (χ1v) is 7.29. The van der Waals surface area contributed by atoms with Crippen molar-refractivity contribution in [1.82, 2.24) is 0 Å². The van der Waals surface area contributed by atoms with Gasteiger partial charge in [0.15, 0.2) is 0 Å². The van der Waals surface area contributed by atoms with Crippen molar-refractivity contribution in [1.29, 1.82) is 0 Å². The quantitative estimate of drug-likeness (QED) is 0.859. The molecule has 1 unspecified atom stereocenters. The van der Waals surface area contributed by atoms with Crippen LogP contribution in [0.5, 0.6) is 5.75 Å². The third-order valence-electron chi connectivity index (χ3n) is 4.56. The van der Waals surface area contributed by atoms with E-state index in [-0.39, 0.29) is 11.5 Å². The second-order valence-electron chi connectivity index (χ2n) is 5.52. The summed E-state index contributed by atoms with van der Waals surface area (Å²) in [4.78, 5) is 0. The SMILES string of the molecule is CCC1(CC)CC(OCCN)Cc2ccc(O)cc21. The van der Waals surface area contributed by atoms with Crippen molar-refractivity contribution in [3.8, 4) is 5.75 Å². The van der Waals surface area contributed by atoms with E-state index in [2.05, 4.69) is 13.8 Å². The van der Waals surface area contributed by atoms with Crippen molar-refractivity contribution in [3.05, 3.63) is 29.3 Å². The molecule has 0 fully saturated rings. The molecule has 0 spiro atoms. The van der Waals surface area contributed by atoms with Crippen molar-refractivity contribution in [2.45, 2.75) is 51.0 Å². The number of benzene rings is 1. The van der Waals surface area contributed by atoms with Crippen LogP contribution < -0.4 is 5.73 Å². The first-order valence-electron chi connectivity index (χ1n) is 7.29. The average Bonchev–Trinajstić information content (AvgIpc) is 2.44. The Balaban J connectivity index is 2.34. The molecule has 106 valence electrons. The Labute approximate surface area is 115 Å². The normalized spacial score (nSPS) is 21.1. The third kappa shape index (κ3) is 2.77. The van der Waals surface area contributed by atoms with E-state index in [1.54, 1.807) is 6.07 Å². The number of hydrogen-bond acceptors (Lipinski definition) is 3. The van der Waals surface area contributed by atoms with Crippen LogP contribution >= 0.6 is 0 Å². The number of hydrogen-bond donors (Lipinski definition) is 2. The van der Waals surface area contributed by atoms with Gasteiger partial charge in [-0.25, -0.2) is 0 Å². The Bertz CT molecular complexity index is 427. The largest absolute Gasteiger partial charge is 0.508 e. The van der Waals surface area contributed by atoms with E-state index in [1.807, 2.05) is 12.1 Å². The molecule has 0 aliphatic heterocycles. The molecule has 1 aromatic rings. The van der Waals surface area contributed by atoms with Gasteiger partial charge < -0.3 is 15.6 Å². The van der Waals surface area contributed by atoms with E-state index in [9.17, 15) is 5.11 Å². The van der Waals surface area contributed by atoms with Crippen molar-refractivity contribution in [3.63, 3.8) is 0 Å². The lowest BCUT2D eigenvalue weighted by Crippen LogP contribution is -2.38. The van der Waals surface area contributed by atoms with Crippen LogP contribution in [0.1, 0.15) is 44.2 Å². The smallest absolute Gasteiger partial charge is 0.115 e. The van der Waals surface area contributed by atoms with Crippen LogP contribution in [0.2, 0.25) is 0 Å². The highest BCUT2D eigenvalue weighted by Crippen LogP contribution is 2.44. The van der Waals surface area contributed by atoms with Crippen LogP contribution in [0.25, 0.3) is 0 Å². The summed E-state index contributed by atoms with van der Waals surface area (Å²) in [5.41, 5.74) is 8.29. The minimum atomic E-state index is 0.131. The molecule has 3 N–H and O–H groups in total. The summed E-state index contributed by atoms with van der Waals surface area (Å²) < 4.78 is 5.89. The van der Waals surface area contributed by atoms with E-state index in [0.717, 1.165) is 25.7 Å². The molecular formula is C16H25NO2. The zero-order chi connectivity index (χ0) is 13.9. The van der Waals surface area contributed by atoms with Gasteiger partial charge in [0.25, 0.3) is 0 Å². The number of phenolic OH excluding ortho intramolecular Hbond substituents is 1. The highest BCUT2D eigenvalue weighted by molar-refractivity contribution is 5.42. The lowest BCUT2D eigenvalue weighted by Gasteiger charge is -2.41. The van der Waals surface area contributed by atoms with Gasteiger partial charge in [0, 0.05) is 6.54 Å². The molecule has 0 heterocycles. The van der Waals surface area contributed by atoms with Gasteiger partial charge in [-0.2, -0.15) is 0 Å². The Hall–Kier alpha value is -1.06. The van der Waals surface area contributed by atoms with Gasteiger partial charge in [-0.15, -0.1) is 0 Å². The number of aromatic hydroxyl groups is 1. The summed E-state index contributed by atoms with van der Waals surface area (Å²) in [5, 5.41) is 9.77. The summed E-state index contributed by atoms with van der Waals surface area (Å²) in [6, 6.07) is 5.77. The molecule has 0 bridgehead atoms. The summed E-state index contributed by atoms with van der Waals surface area (Å²) in [6.07, 6.45) is 4.35. The van der Waals surface area contributed by atoms with Crippen molar-refractivity contribution in [2.75, 3.05) is 13.2 Å². The molecule has 0 amide bonds. The van der Waals surface area contributed by atoms with Crippen LogP contribution in [0, 0.1) is 0 Å². The molecule has 1 atom stereocenters. The number of rotatable bonds is 5. The molecule has 3 heteroatoms. The van der Waals surface area contributed by atoms with Crippen LogP contribution in [0.3, 0.4) is 0 Å². The highest BCUT2D eigenvalue weighted by atomic mass is 16.5. The molecule has 1 aliphatic rings. The number of ether oxygens (including phenoxy) is 1. The topological polar surface area (TPSA) is 55.5 Å². The standard InChI is InChI=1S/C16H25NO2/c1-3-16(4-2)11-14(19-8-7-17)9-12-5-6-13(18)10-15(12)16/h5-6,10,14,18H,3-4,7-9,11,17H2,1-2H3. The summed E-state index contributed by atoms with van der Waals surface area (Å²) in [7, 11) is 0. The summed E-state index contributed by atoms with van der Waals surface area (Å²) in [5.74, 6) is 0.367. The summed E-state index contributed by atoms with van der Waals surface area (Å²) >= 11 is 0. The van der Waals surface area contributed by atoms with Crippen molar-refractivity contribution < 1.29 is 9.84 Å². The van der Waals surface area contributed by atoms with Gasteiger partial charge in [-0.3, -0.25) is 0 Å². The van der Waals surface area contributed by atoms with Crippen LogP contribution in [-0.2, 0) is 16.6 Å². The summed E-state index contributed by atoms with van der Waals surface area (Å²) in [6.45, 7) is 5.65. The maximum atomic E-state index is 9.77. The van der Waals surface area contributed by atoms with Gasteiger partial charge in [-0.1, -0.05) is 19.9 Å².